The number of carbonyl (C=O) groups is 4. The van der Waals surface area contributed by atoms with Crippen molar-refractivity contribution in [3.05, 3.63) is 59.7 Å². The van der Waals surface area contributed by atoms with Crippen LogP contribution in [0.5, 0.6) is 11.5 Å². The van der Waals surface area contributed by atoms with Gasteiger partial charge in [-0.05, 0) is 30.2 Å². The SMILES string of the molecule is C[C@]1(c2ccc3c(c2)OCCO3)NC(=O)N(CCC(=O)NC(=O)NCc2ccccc2)C1=O. The van der Waals surface area contributed by atoms with Gasteiger partial charge in [-0.15, -0.1) is 0 Å². The van der Waals surface area contributed by atoms with E-state index in [2.05, 4.69) is 16.0 Å². The Balaban J connectivity index is 1.32. The number of hydrogen-bond donors (Lipinski definition) is 3. The van der Waals surface area contributed by atoms with Gasteiger partial charge in [-0.25, -0.2) is 9.59 Å². The molecule has 2 aromatic rings. The fourth-order valence-electron chi connectivity index (χ4n) is 3.67. The van der Waals surface area contributed by atoms with Crippen molar-refractivity contribution in [3.8, 4) is 11.5 Å². The zero-order valence-corrected chi connectivity index (χ0v) is 18.1. The molecule has 0 saturated carbocycles. The molecule has 10 nitrogen and oxygen atoms in total. The largest absolute Gasteiger partial charge is 0.486 e. The molecule has 0 unspecified atom stereocenters. The zero-order chi connectivity index (χ0) is 23.4. The van der Waals surface area contributed by atoms with Gasteiger partial charge in [-0.2, -0.15) is 0 Å². The van der Waals surface area contributed by atoms with Crippen LogP contribution in [0.2, 0.25) is 0 Å². The van der Waals surface area contributed by atoms with Gasteiger partial charge < -0.3 is 20.1 Å². The summed E-state index contributed by atoms with van der Waals surface area (Å²) in [5.41, 5.74) is 0.117. The summed E-state index contributed by atoms with van der Waals surface area (Å²) in [7, 11) is 0. The van der Waals surface area contributed by atoms with Crippen LogP contribution in [0.1, 0.15) is 24.5 Å². The van der Waals surface area contributed by atoms with E-state index in [1.54, 1.807) is 25.1 Å². The third-order valence-corrected chi connectivity index (χ3v) is 5.51. The highest BCUT2D eigenvalue weighted by Crippen LogP contribution is 2.36. The lowest BCUT2D eigenvalue weighted by molar-refractivity contribution is -0.131. The Morgan fingerprint density at radius 1 is 1.06 bits per heavy atom. The topological polar surface area (TPSA) is 126 Å². The van der Waals surface area contributed by atoms with Gasteiger partial charge in [0.1, 0.15) is 18.8 Å². The highest BCUT2D eigenvalue weighted by atomic mass is 16.6. The van der Waals surface area contributed by atoms with Crippen molar-refractivity contribution in [3.63, 3.8) is 0 Å². The van der Waals surface area contributed by atoms with Crippen LogP contribution in [0.4, 0.5) is 9.59 Å². The minimum atomic E-state index is -1.31. The van der Waals surface area contributed by atoms with Crippen LogP contribution in [0, 0.1) is 0 Å². The number of nitrogens with one attached hydrogen (secondary N) is 3. The highest BCUT2D eigenvalue weighted by molar-refractivity contribution is 6.07. The molecule has 0 radical (unpaired) electrons. The van der Waals surface area contributed by atoms with E-state index in [1.165, 1.54) is 0 Å². The quantitative estimate of drug-likeness (QED) is 0.572. The van der Waals surface area contributed by atoms with Crippen LogP contribution < -0.4 is 25.4 Å². The van der Waals surface area contributed by atoms with Gasteiger partial charge in [0.2, 0.25) is 5.91 Å². The maximum absolute atomic E-state index is 13.1. The molecule has 6 amide bonds. The third-order valence-electron chi connectivity index (χ3n) is 5.51. The minimum Gasteiger partial charge on any atom is -0.486 e. The first-order chi connectivity index (χ1) is 15.9. The molecule has 0 aromatic heterocycles. The Bertz CT molecular complexity index is 1090. The van der Waals surface area contributed by atoms with Crippen LogP contribution in [0.25, 0.3) is 0 Å². The van der Waals surface area contributed by atoms with Crippen LogP contribution in [-0.4, -0.2) is 48.5 Å². The molecule has 172 valence electrons. The fourth-order valence-corrected chi connectivity index (χ4v) is 3.67. The molecule has 4 rings (SSSR count). The van der Waals surface area contributed by atoms with E-state index in [-0.39, 0.29) is 19.5 Å². The van der Waals surface area contributed by atoms with E-state index in [0.717, 1.165) is 10.5 Å². The highest BCUT2D eigenvalue weighted by Gasteiger charge is 2.49. The summed E-state index contributed by atoms with van der Waals surface area (Å²) in [4.78, 5) is 50.6. The summed E-state index contributed by atoms with van der Waals surface area (Å²) < 4.78 is 11.1. The molecule has 10 heteroatoms. The van der Waals surface area contributed by atoms with Crippen LogP contribution in [-0.2, 0) is 21.7 Å². The molecule has 1 fully saturated rings. The predicted molar refractivity (Wildman–Crippen MR) is 116 cm³/mol. The number of rotatable bonds is 6. The summed E-state index contributed by atoms with van der Waals surface area (Å²) in [5, 5.41) is 7.47. The Hall–Kier alpha value is -4.08. The first kappa shape index (κ1) is 22.1. The van der Waals surface area contributed by atoms with Gasteiger partial charge in [0.05, 0.1) is 0 Å². The Morgan fingerprint density at radius 2 is 1.79 bits per heavy atom. The molecule has 3 N–H and O–H groups in total. The Kier molecular flexibility index (Phi) is 6.16. The predicted octanol–water partition coefficient (Wildman–Crippen LogP) is 1.64. The van der Waals surface area contributed by atoms with E-state index in [4.69, 9.17) is 9.47 Å². The van der Waals surface area contributed by atoms with Gasteiger partial charge in [0, 0.05) is 19.5 Å². The standard InChI is InChI=1S/C23H24N4O6/c1-23(16-7-8-17-18(13-16)33-12-11-32-17)20(29)27(22(31)26-23)10-9-19(28)25-21(30)24-14-15-5-3-2-4-6-15/h2-8,13H,9-12,14H2,1H3,(H,26,31)(H2,24,25,28,30)/t23-/m1/s1. The number of urea groups is 2. The lowest BCUT2D eigenvalue weighted by atomic mass is 9.91. The zero-order valence-electron chi connectivity index (χ0n) is 18.1. The number of benzene rings is 2. The molecule has 2 aliphatic rings. The molecule has 0 spiro atoms. The Morgan fingerprint density at radius 3 is 2.55 bits per heavy atom. The minimum absolute atomic E-state index is 0.164. The van der Waals surface area contributed by atoms with E-state index in [9.17, 15) is 19.2 Å². The van der Waals surface area contributed by atoms with Gasteiger partial charge >= 0.3 is 12.1 Å². The number of ether oxygens (including phenoxy) is 2. The fraction of sp³-hybridized carbons (Fsp3) is 0.304. The molecular formula is C23H24N4O6. The van der Waals surface area contributed by atoms with Crippen LogP contribution in [0.15, 0.2) is 48.5 Å². The Labute approximate surface area is 190 Å². The number of fused-ring (bicyclic) bond motifs is 1. The summed E-state index contributed by atoms with van der Waals surface area (Å²) in [5.74, 6) is -0.0228. The van der Waals surface area contributed by atoms with Crippen molar-refractivity contribution >= 4 is 23.9 Å². The van der Waals surface area contributed by atoms with Crippen LogP contribution in [0.3, 0.4) is 0 Å². The first-order valence-electron chi connectivity index (χ1n) is 10.5. The molecule has 1 atom stereocenters. The van der Waals surface area contributed by atoms with Gasteiger partial charge in [-0.1, -0.05) is 36.4 Å². The van der Waals surface area contributed by atoms with Crippen molar-refractivity contribution < 1.29 is 28.7 Å². The van der Waals surface area contributed by atoms with Crippen molar-refractivity contribution in [2.75, 3.05) is 19.8 Å². The smallest absolute Gasteiger partial charge is 0.325 e. The number of hydrogen-bond acceptors (Lipinski definition) is 6. The average Bonchev–Trinajstić information content (AvgIpc) is 3.05. The van der Waals surface area contributed by atoms with Crippen molar-refractivity contribution in [2.24, 2.45) is 0 Å². The first-order valence-corrected chi connectivity index (χ1v) is 10.5. The second kappa shape index (κ2) is 9.19. The number of amides is 6. The van der Waals surface area contributed by atoms with Crippen molar-refractivity contribution in [2.45, 2.75) is 25.4 Å². The molecule has 0 bridgehead atoms. The second-order valence-electron chi connectivity index (χ2n) is 7.84. The normalized spacial score (nSPS) is 19.1. The maximum Gasteiger partial charge on any atom is 0.325 e. The number of imide groups is 2. The lowest BCUT2D eigenvalue weighted by Gasteiger charge is -2.25. The molecule has 2 heterocycles. The van der Waals surface area contributed by atoms with E-state index in [1.807, 2.05) is 30.3 Å². The third kappa shape index (κ3) is 4.74. The summed E-state index contributed by atoms with van der Waals surface area (Å²) in [6, 6.07) is 13.0. The summed E-state index contributed by atoms with van der Waals surface area (Å²) in [6.07, 6.45) is -0.213. The van der Waals surface area contributed by atoms with Gasteiger partial charge in [0.25, 0.3) is 5.91 Å². The molecule has 33 heavy (non-hydrogen) atoms. The van der Waals surface area contributed by atoms with Gasteiger partial charge in [-0.3, -0.25) is 19.8 Å². The van der Waals surface area contributed by atoms with Crippen LogP contribution >= 0.6 is 0 Å². The van der Waals surface area contributed by atoms with E-state index >= 15 is 0 Å². The summed E-state index contributed by atoms with van der Waals surface area (Å²) >= 11 is 0. The number of nitrogens with zero attached hydrogens (tertiary/aromatic N) is 1. The van der Waals surface area contributed by atoms with Crippen molar-refractivity contribution in [1.29, 1.82) is 0 Å². The number of carbonyl (C=O) groups excluding carboxylic acids is 4. The summed E-state index contributed by atoms with van der Waals surface area (Å²) in [6.45, 7) is 2.53. The molecular weight excluding hydrogens is 428 g/mol. The van der Waals surface area contributed by atoms with Crippen molar-refractivity contribution in [1.82, 2.24) is 20.9 Å². The monoisotopic (exact) mass is 452 g/mol. The second-order valence-corrected chi connectivity index (χ2v) is 7.84. The van der Waals surface area contributed by atoms with Gasteiger partial charge in [0.15, 0.2) is 11.5 Å². The lowest BCUT2D eigenvalue weighted by Crippen LogP contribution is -2.42. The molecule has 2 aliphatic heterocycles. The average molecular weight is 452 g/mol. The molecule has 0 aliphatic carbocycles. The molecule has 2 aromatic carbocycles. The maximum atomic E-state index is 13.1. The van der Waals surface area contributed by atoms with E-state index in [0.29, 0.717) is 30.3 Å². The molecule has 1 saturated heterocycles. The van der Waals surface area contributed by atoms with E-state index < -0.39 is 29.4 Å².